The Balaban J connectivity index is 1.77. The summed E-state index contributed by atoms with van der Waals surface area (Å²) in [5.74, 6) is -0.324. The van der Waals surface area contributed by atoms with E-state index < -0.39 is 35.4 Å². The normalized spacial score (nSPS) is 12.5. The van der Waals surface area contributed by atoms with E-state index in [2.05, 4.69) is 30.6 Å². The standard InChI is InChI=1S/C18H15Cl2F4N7O3/c1-8(15-25-7-26-31(15)13-3-4-14(32)30(2)29-13)27-17(33)28-11-6-12(10(20)5-9(11)19)34-18(23,24)16(21)22/h3-8,16H,1-2H3,(H2,27,28,33)/t8-/m0/s1. The van der Waals surface area contributed by atoms with Gasteiger partial charge in [0.25, 0.3) is 5.56 Å². The third kappa shape index (κ3) is 5.56. The highest BCUT2D eigenvalue weighted by Gasteiger charge is 2.44. The first-order valence-electron chi connectivity index (χ1n) is 9.25. The van der Waals surface area contributed by atoms with Crippen LogP contribution in [0.3, 0.4) is 0 Å². The average Bonchev–Trinajstić information content (AvgIpc) is 3.23. The quantitative estimate of drug-likeness (QED) is 0.455. The molecule has 0 aliphatic carbocycles. The van der Waals surface area contributed by atoms with E-state index in [0.717, 1.165) is 16.8 Å². The third-order valence-electron chi connectivity index (χ3n) is 4.24. The number of carbonyl (C=O) groups is 1. The summed E-state index contributed by atoms with van der Waals surface area (Å²) < 4.78 is 57.8. The zero-order valence-corrected chi connectivity index (χ0v) is 18.8. The number of carbonyl (C=O) groups excluding carboxylic acids is 1. The molecule has 0 saturated heterocycles. The molecule has 0 bridgehead atoms. The van der Waals surface area contributed by atoms with Crippen LogP contribution in [-0.2, 0) is 7.05 Å². The number of anilines is 1. The molecule has 3 rings (SSSR count). The summed E-state index contributed by atoms with van der Waals surface area (Å²) in [5, 5.41) is 12.3. The number of rotatable bonds is 7. The molecule has 2 amide bonds. The zero-order valence-electron chi connectivity index (χ0n) is 17.3. The number of nitrogens with one attached hydrogen (secondary N) is 2. The first-order valence-corrected chi connectivity index (χ1v) is 10.0. The fraction of sp³-hybridized carbons (Fsp3) is 0.278. The van der Waals surface area contributed by atoms with E-state index in [9.17, 15) is 27.2 Å². The van der Waals surface area contributed by atoms with Crippen LogP contribution < -0.4 is 20.9 Å². The molecule has 10 nitrogen and oxygen atoms in total. The van der Waals surface area contributed by atoms with Crippen LogP contribution in [0.2, 0.25) is 10.0 Å². The predicted octanol–water partition coefficient (Wildman–Crippen LogP) is 3.79. The van der Waals surface area contributed by atoms with Crippen LogP contribution in [0.15, 0.2) is 35.4 Å². The molecule has 0 fully saturated rings. The van der Waals surface area contributed by atoms with Gasteiger partial charge in [0.2, 0.25) is 0 Å². The SMILES string of the molecule is C[C@H](NC(=O)Nc1cc(OC(F)(F)C(F)F)c(Cl)cc1Cl)c1ncnn1-c1ccc(=O)n(C)n1. The number of aryl methyl sites for hydroxylation is 1. The average molecular weight is 524 g/mol. The van der Waals surface area contributed by atoms with E-state index in [1.807, 2.05) is 0 Å². The highest BCUT2D eigenvalue weighted by molar-refractivity contribution is 6.37. The number of amides is 2. The van der Waals surface area contributed by atoms with Crippen molar-refractivity contribution in [3.05, 3.63) is 56.8 Å². The molecule has 182 valence electrons. The summed E-state index contributed by atoms with van der Waals surface area (Å²) in [6, 6.07) is 2.79. The molecule has 1 atom stereocenters. The van der Waals surface area contributed by atoms with E-state index in [4.69, 9.17) is 23.2 Å². The summed E-state index contributed by atoms with van der Waals surface area (Å²) in [6.07, 6.45) is -7.72. The van der Waals surface area contributed by atoms with Crippen LogP contribution in [0.5, 0.6) is 5.75 Å². The van der Waals surface area contributed by atoms with Crippen molar-refractivity contribution in [2.45, 2.75) is 25.5 Å². The predicted molar refractivity (Wildman–Crippen MR) is 113 cm³/mol. The van der Waals surface area contributed by atoms with Crippen LogP contribution in [0.4, 0.5) is 28.0 Å². The molecule has 2 heterocycles. The Hall–Kier alpha value is -3.39. The second-order valence-corrected chi connectivity index (χ2v) is 7.55. The molecule has 3 aromatic rings. The topological polar surface area (TPSA) is 116 Å². The molecule has 0 aliphatic heterocycles. The summed E-state index contributed by atoms with van der Waals surface area (Å²) >= 11 is 11.7. The minimum absolute atomic E-state index is 0.168. The Kier molecular flexibility index (Phi) is 7.31. The van der Waals surface area contributed by atoms with Crippen molar-refractivity contribution in [3.63, 3.8) is 0 Å². The van der Waals surface area contributed by atoms with Gasteiger partial charge in [0.1, 0.15) is 12.1 Å². The zero-order chi connectivity index (χ0) is 25.2. The van der Waals surface area contributed by atoms with E-state index in [-0.39, 0.29) is 27.9 Å². The first kappa shape index (κ1) is 25.2. The van der Waals surface area contributed by atoms with Crippen molar-refractivity contribution in [1.82, 2.24) is 29.9 Å². The lowest BCUT2D eigenvalue weighted by molar-refractivity contribution is -0.253. The summed E-state index contributed by atoms with van der Waals surface area (Å²) in [4.78, 5) is 28.1. The fourth-order valence-electron chi connectivity index (χ4n) is 2.64. The number of ether oxygens (including phenoxy) is 1. The van der Waals surface area contributed by atoms with Gasteiger partial charge in [0, 0.05) is 19.2 Å². The number of hydrogen-bond donors (Lipinski definition) is 2. The molecule has 34 heavy (non-hydrogen) atoms. The lowest BCUT2D eigenvalue weighted by Crippen LogP contribution is -2.34. The monoisotopic (exact) mass is 523 g/mol. The van der Waals surface area contributed by atoms with Gasteiger partial charge in [-0.25, -0.2) is 14.5 Å². The number of urea groups is 1. The summed E-state index contributed by atoms with van der Waals surface area (Å²) in [7, 11) is 1.45. The fourth-order valence-corrected chi connectivity index (χ4v) is 3.11. The Bertz CT molecular complexity index is 1270. The summed E-state index contributed by atoms with van der Waals surface area (Å²) in [5.41, 5.74) is -0.581. The highest BCUT2D eigenvalue weighted by atomic mass is 35.5. The van der Waals surface area contributed by atoms with Crippen molar-refractivity contribution in [3.8, 4) is 11.6 Å². The van der Waals surface area contributed by atoms with E-state index in [1.54, 1.807) is 6.92 Å². The van der Waals surface area contributed by atoms with Crippen molar-refractivity contribution in [2.24, 2.45) is 7.05 Å². The number of benzene rings is 1. The molecule has 0 spiro atoms. The number of halogens is 6. The Morgan fingerprint density at radius 3 is 2.56 bits per heavy atom. The maximum atomic E-state index is 13.3. The van der Waals surface area contributed by atoms with Crippen LogP contribution >= 0.6 is 23.2 Å². The second kappa shape index (κ2) is 9.85. The maximum Gasteiger partial charge on any atom is 0.461 e. The Morgan fingerprint density at radius 2 is 1.91 bits per heavy atom. The van der Waals surface area contributed by atoms with Crippen LogP contribution in [0.1, 0.15) is 18.8 Å². The van der Waals surface area contributed by atoms with Crippen molar-refractivity contribution in [2.75, 3.05) is 5.32 Å². The molecule has 0 unspecified atom stereocenters. The molecule has 0 aliphatic rings. The van der Waals surface area contributed by atoms with E-state index in [1.165, 1.54) is 30.2 Å². The van der Waals surface area contributed by atoms with Gasteiger partial charge < -0.3 is 15.4 Å². The number of hydrogen-bond acceptors (Lipinski definition) is 6. The largest absolute Gasteiger partial charge is 0.461 e. The van der Waals surface area contributed by atoms with Gasteiger partial charge in [0.05, 0.1) is 21.8 Å². The van der Waals surface area contributed by atoms with Crippen LogP contribution in [0, 0.1) is 0 Å². The van der Waals surface area contributed by atoms with Gasteiger partial charge in [-0.15, -0.1) is 5.10 Å². The highest BCUT2D eigenvalue weighted by Crippen LogP contribution is 2.38. The lowest BCUT2D eigenvalue weighted by Gasteiger charge is -2.19. The van der Waals surface area contributed by atoms with Gasteiger partial charge in [-0.3, -0.25) is 4.79 Å². The molecule has 0 saturated carbocycles. The lowest BCUT2D eigenvalue weighted by atomic mass is 10.3. The molecule has 1 aromatic carbocycles. The van der Waals surface area contributed by atoms with Crippen LogP contribution in [-0.4, -0.2) is 43.1 Å². The van der Waals surface area contributed by atoms with Crippen molar-refractivity contribution in [1.29, 1.82) is 0 Å². The molecular formula is C18H15Cl2F4N7O3. The maximum absolute atomic E-state index is 13.3. The number of nitrogens with zero attached hydrogens (tertiary/aromatic N) is 5. The number of aromatic nitrogens is 5. The minimum Gasteiger partial charge on any atom is -0.427 e. The molecule has 0 radical (unpaired) electrons. The molecular weight excluding hydrogens is 509 g/mol. The van der Waals surface area contributed by atoms with Gasteiger partial charge in [-0.1, -0.05) is 23.2 Å². The van der Waals surface area contributed by atoms with Crippen molar-refractivity contribution >= 4 is 34.9 Å². The summed E-state index contributed by atoms with van der Waals surface area (Å²) in [6.45, 7) is 1.56. The van der Waals surface area contributed by atoms with Gasteiger partial charge in [-0.05, 0) is 19.1 Å². The molecule has 16 heteroatoms. The first-order chi connectivity index (χ1) is 15.9. The minimum atomic E-state index is -4.81. The van der Waals surface area contributed by atoms with E-state index in [0.29, 0.717) is 0 Å². The molecule has 2 aromatic heterocycles. The van der Waals surface area contributed by atoms with E-state index >= 15 is 0 Å². The van der Waals surface area contributed by atoms with Gasteiger partial charge >= 0.3 is 18.6 Å². The number of alkyl halides is 4. The third-order valence-corrected chi connectivity index (χ3v) is 4.85. The van der Waals surface area contributed by atoms with Crippen molar-refractivity contribution < 1.29 is 27.1 Å². The second-order valence-electron chi connectivity index (χ2n) is 6.73. The molecule has 2 N–H and O–H groups in total. The van der Waals surface area contributed by atoms with Crippen LogP contribution in [0.25, 0.3) is 5.82 Å². The Labute approximate surface area is 198 Å². The van der Waals surface area contributed by atoms with Gasteiger partial charge in [-0.2, -0.15) is 27.3 Å². The Morgan fingerprint density at radius 1 is 1.21 bits per heavy atom. The van der Waals surface area contributed by atoms with Gasteiger partial charge in [0.15, 0.2) is 11.6 Å². The smallest absolute Gasteiger partial charge is 0.427 e.